The van der Waals surface area contributed by atoms with Gasteiger partial charge in [0.15, 0.2) is 5.12 Å². The molecule has 1 aliphatic rings. The Labute approximate surface area is 53.6 Å². The zero-order chi connectivity index (χ0) is 7.07. The Balaban J connectivity index is 2.40. The first-order valence-electron chi connectivity index (χ1n) is 2.26. The summed E-state index contributed by atoms with van der Waals surface area (Å²) in [6.45, 7) is 0. The molecule has 0 amide bonds. The van der Waals surface area contributed by atoms with Crippen LogP contribution in [0.15, 0.2) is 0 Å². The second kappa shape index (κ2) is 1.90. The van der Waals surface area contributed by atoms with Crippen molar-refractivity contribution in [2.24, 2.45) is 0 Å². The van der Waals surface area contributed by atoms with Crippen molar-refractivity contribution in [3.05, 3.63) is 0 Å². The number of halogens is 3. The average Bonchev–Trinajstić information content (AvgIpc) is 1.55. The maximum atomic E-state index is 11.5. The summed E-state index contributed by atoms with van der Waals surface area (Å²) in [6, 6.07) is 0. The van der Waals surface area contributed by atoms with Gasteiger partial charge in [-0.15, -0.1) is 0 Å². The molecule has 1 aliphatic heterocycles. The van der Waals surface area contributed by atoms with Crippen LogP contribution in [0.3, 0.4) is 0 Å². The molecule has 0 spiro atoms. The van der Waals surface area contributed by atoms with Gasteiger partial charge in [-0.2, -0.15) is 13.2 Å². The fourth-order valence-corrected chi connectivity index (χ4v) is 1.13. The highest BCUT2D eigenvalue weighted by Gasteiger charge is 2.48. The predicted molar refractivity (Wildman–Crippen MR) is 27.1 cm³/mol. The Hall–Kier alpha value is -0.190. The van der Waals surface area contributed by atoms with Crippen LogP contribution in [0, 0.1) is 0 Å². The van der Waals surface area contributed by atoms with Gasteiger partial charge >= 0.3 is 6.18 Å². The molecule has 1 heterocycles. The van der Waals surface area contributed by atoms with Crippen molar-refractivity contribution in [1.29, 1.82) is 0 Å². The molecule has 0 saturated carbocycles. The molecular weight excluding hydrogens is 153 g/mol. The fraction of sp³-hybridized carbons (Fsp3) is 0.750. The highest BCUT2D eigenvalue weighted by atomic mass is 32.2. The van der Waals surface area contributed by atoms with Crippen molar-refractivity contribution in [1.82, 2.24) is 0 Å². The first-order valence-corrected chi connectivity index (χ1v) is 3.14. The van der Waals surface area contributed by atoms with Gasteiger partial charge in [-0.3, -0.25) is 4.79 Å². The highest BCUT2D eigenvalue weighted by molar-refractivity contribution is 8.16. The minimum absolute atomic E-state index is 0.339. The van der Waals surface area contributed by atoms with E-state index in [0.717, 1.165) is 0 Å². The Bertz CT molecular complexity index is 133. The molecule has 5 heteroatoms. The third-order valence-electron chi connectivity index (χ3n) is 0.991. The van der Waals surface area contributed by atoms with Crippen molar-refractivity contribution >= 4 is 16.9 Å². The largest absolute Gasteiger partial charge is 0.401 e. The average molecular weight is 156 g/mol. The van der Waals surface area contributed by atoms with E-state index in [1.165, 1.54) is 0 Å². The maximum absolute atomic E-state index is 11.5. The van der Waals surface area contributed by atoms with Crippen LogP contribution >= 0.6 is 11.8 Å². The van der Waals surface area contributed by atoms with E-state index in [9.17, 15) is 18.0 Å². The molecule has 1 rings (SSSR count). The second-order valence-corrected chi connectivity index (χ2v) is 2.98. The van der Waals surface area contributed by atoms with Crippen molar-refractivity contribution in [2.75, 3.05) is 0 Å². The van der Waals surface area contributed by atoms with Gasteiger partial charge in [0.2, 0.25) is 0 Å². The number of alkyl halides is 3. The topological polar surface area (TPSA) is 17.1 Å². The first-order chi connectivity index (χ1) is 4.00. The molecule has 1 saturated heterocycles. The molecule has 0 N–H and O–H groups in total. The summed E-state index contributed by atoms with van der Waals surface area (Å²) in [4.78, 5) is 10.0. The van der Waals surface area contributed by atoms with E-state index < -0.39 is 11.4 Å². The van der Waals surface area contributed by atoms with Crippen LogP contribution in [0.2, 0.25) is 0 Å². The summed E-state index contributed by atoms with van der Waals surface area (Å²) in [6.07, 6.45) is -4.52. The molecule has 0 radical (unpaired) electrons. The normalized spacial score (nSPS) is 27.9. The zero-order valence-electron chi connectivity index (χ0n) is 4.23. The van der Waals surface area contributed by atoms with Crippen LogP contribution in [0.5, 0.6) is 0 Å². The zero-order valence-corrected chi connectivity index (χ0v) is 5.05. The maximum Gasteiger partial charge on any atom is 0.401 e. The van der Waals surface area contributed by atoms with Crippen LogP contribution in [0.25, 0.3) is 0 Å². The Morgan fingerprint density at radius 2 is 2.00 bits per heavy atom. The number of hydrogen-bond donors (Lipinski definition) is 0. The van der Waals surface area contributed by atoms with E-state index in [-0.39, 0.29) is 11.5 Å². The monoisotopic (exact) mass is 156 g/mol. The SMILES string of the molecule is O=C1CC(C(F)(F)F)S1. The number of hydrogen-bond acceptors (Lipinski definition) is 2. The summed E-state index contributed by atoms with van der Waals surface area (Å²) >= 11 is 0.372. The van der Waals surface area contributed by atoms with E-state index in [0.29, 0.717) is 11.8 Å². The highest BCUT2D eigenvalue weighted by Crippen LogP contribution is 2.41. The van der Waals surface area contributed by atoms with E-state index in [1.54, 1.807) is 0 Å². The van der Waals surface area contributed by atoms with Crippen LogP contribution < -0.4 is 0 Å². The van der Waals surface area contributed by atoms with Gasteiger partial charge in [-0.05, 0) is 0 Å². The second-order valence-electron chi connectivity index (χ2n) is 1.72. The fourth-order valence-electron chi connectivity index (χ4n) is 0.483. The molecule has 0 aliphatic carbocycles. The lowest BCUT2D eigenvalue weighted by molar-refractivity contribution is -0.140. The standard InChI is InChI=1S/C4H3F3OS/c5-4(6,7)2-1-3(8)9-2/h2H,1H2. The predicted octanol–water partition coefficient (Wildman–Crippen LogP) is 1.58. The van der Waals surface area contributed by atoms with Crippen LogP contribution in [0.1, 0.15) is 6.42 Å². The molecule has 1 unspecified atom stereocenters. The van der Waals surface area contributed by atoms with Crippen molar-refractivity contribution in [2.45, 2.75) is 17.8 Å². The minimum atomic E-state index is -4.18. The number of rotatable bonds is 0. The Morgan fingerprint density at radius 3 is 2.11 bits per heavy atom. The van der Waals surface area contributed by atoms with E-state index in [2.05, 4.69) is 0 Å². The van der Waals surface area contributed by atoms with Crippen LogP contribution in [0.4, 0.5) is 13.2 Å². The van der Waals surface area contributed by atoms with E-state index in [1.807, 2.05) is 0 Å². The summed E-state index contributed by atoms with van der Waals surface area (Å²) in [5.41, 5.74) is 0. The molecule has 1 atom stereocenters. The molecule has 1 fully saturated rings. The van der Waals surface area contributed by atoms with Crippen LogP contribution in [-0.4, -0.2) is 16.5 Å². The molecule has 0 aromatic heterocycles. The molecule has 0 aromatic carbocycles. The summed E-state index contributed by atoms with van der Waals surface area (Å²) in [5, 5.41) is -1.79. The summed E-state index contributed by atoms with van der Waals surface area (Å²) in [7, 11) is 0. The molecule has 0 aromatic rings. The molecule has 9 heavy (non-hydrogen) atoms. The van der Waals surface area contributed by atoms with Gasteiger partial charge in [0.1, 0.15) is 5.25 Å². The van der Waals surface area contributed by atoms with Gasteiger partial charge in [-0.25, -0.2) is 0 Å². The van der Waals surface area contributed by atoms with Crippen molar-refractivity contribution in [3.8, 4) is 0 Å². The molecule has 52 valence electrons. The quantitative estimate of drug-likeness (QED) is 0.529. The minimum Gasteiger partial charge on any atom is -0.287 e. The van der Waals surface area contributed by atoms with Gasteiger partial charge < -0.3 is 0 Å². The van der Waals surface area contributed by atoms with Crippen molar-refractivity contribution in [3.63, 3.8) is 0 Å². The molecule has 0 bridgehead atoms. The summed E-state index contributed by atoms with van der Waals surface area (Å²) < 4.78 is 34.5. The Kier molecular flexibility index (Phi) is 1.46. The van der Waals surface area contributed by atoms with Crippen molar-refractivity contribution < 1.29 is 18.0 Å². The number of thioether (sulfide) groups is 1. The number of carbonyl (C=O) groups excluding carboxylic acids is 1. The first kappa shape index (κ1) is 6.92. The summed E-state index contributed by atoms with van der Waals surface area (Å²) in [5.74, 6) is 0. The van der Waals surface area contributed by atoms with E-state index in [4.69, 9.17) is 0 Å². The molecular formula is C4H3F3OS. The lowest BCUT2D eigenvalue weighted by atomic mass is 10.3. The van der Waals surface area contributed by atoms with Gasteiger partial charge in [-0.1, -0.05) is 11.8 Å². The van der Waals surface area contributed by atoms with Gasteiger partial charge in [0.25, 0.3) is 0 Å². The third kappa shape index (κ3) is 1.38. The van der Waals surface area contributed by atoms with E-state index >= 15 is 0 Å². The van der Waals surface area contributed by atoms with Crippen LogP contribution in [-0.2, 0) is 4.79 Å². The lowest BCUT2D eigenvalue weighted by Crippen LogP contribution is -2.35. The smallest absolute Gasteiger partial charge is 0.287 e. The molecule has 1 nitrogen and oxygen atoms in total. The Morgan fingerprint density at radius 1 is 1.56 bits per heavy atom. The number of carbonyl (C=O) groups is 1. The van der Waals surface area contributed by atoms with Gasteiger partial charge in [0, 0.05) is 6.42 Å². The van der Waals surface area contributed by atoms with Gasteiger partial charge in [0.05, 0.1) is 0 Å². The lowest BCUT2D eigenvalue weighted by Gasteiger charge is -2.24. The third-order valence-corrected chi connectivity index (χ3v) is 2.14.